The zero-order valence-corrected chi connectivity index (χ0v) is 23.3. The molecule has 3 aromatic carbocycles. The molecule has 0 radical (unpaired) electrons. The van der Waals surface area contributed by atoms with Crippen LogP contribution in [0, 0.1) is 0 Å². The Bertz CT molecular complexity index is 1180. The van der Waals surface area contributed by atoms with Crippen LogP contribution in [-0.4, -0.2) is 42.0 Å². The summed E-state index contributed by atoms with van der Waals surface area (Å²) in [6.07, 6.45) is 1.15. The number of hydrogen-bond donors (Lipinski definition) is 1. The van der Waals surface area contributed by atoms with Crippen molar-refractivity contribution in [2.24, 2.45) is 0 Å². The van der Waals surface area contributed by atoms with Gasteiger partial charge < -0.3 is 19.7 Å². The lowest BCUT2D eigenvalue weighted by Crippen LogP contribution is -2.54. The summed E-state index contributed by atoms with van der Waals surface area (Å²) in [4.78, 5) is 28.9. The highest BCUT2D eigenvalue weighted by Crippen LogP contribution is 2.20. The molecule has 7 heteroatoms. The topological polar surface area (TPSA) is 67.9 Å². The van der Waals surface area contributed by atoms with Crippen molar-refractivity contribution in [3.63, 3.8) is 0 Å². The van der Waals surface area contributed by atoms with E-state index in [9.17, 15) is 9.59 Å². The molecule has 2 amide bonds. The molecule has 3 aromatic rings. The predicted molar refractivity (Wildman–Crippen MR) is 152 cm³/mol. The number of carbonyl (C=O) groups excluding carboxylic acids is 2. The minimum absolute atomic E-state index is 0.117. The second kappa shape index (κ2) is 13.9. The van der Waals surface area contributed by atoms with Gasteiger partial charge in [-0.1, -0.05) is 54.1 Å². The number of amides is 2. The van der Waals surface area contributed by atoms with Crippen LogP contribution in [0.4, 0.5) is 0 Å². The van der Waals surface area contributed by atoms with Gasteiger partial charge in [-0.2, -0.15) is 0 Å². The Hall–Kier alpha value is -3.51. The normalized spacial score (nSPS) is 11.9. The average Bonchev–Trinajstić information content (AvgIpc) is 2.88. The minimum Gasteiger partial charge on any atom is -0.497 e. The number of halogens is 1. The number of methoxy groups -OCH3 is 1. The quantitative estimate of drug-likeness (QED) is 0.286. The van der Waals surface area contributed by atoms with Gasteiger partial charge in [0.1, 0.15) is 17.5 Å². The summed E-state index contributed by atoms with van der Waals surface area (Å²) in [6.45, 7) is 6.45. The van der Waals surface area contributed by atoms with E-state index in [2.05, 4.69) is 5.32 Å². The van der Waals surface area contributed by atoms with Crippen molar-refractivity contribution >= 4 is 23.4 Å². The third-order valence-electron chi connectivity index (χ3n) is 5.87. The van der Waals surface area contributed by atoms with Crippen LogP contribution >= 0.6 is 11.6 Å². The van der Waals surface area contributed by atoms with Gasteiger partial charge in [0.15, 0.2) is 0 Å². The maximum Gasteiger partial charge on any atom is 0.243 e. The minimum atomic E-state index is -0.689. The van der Waals surface area contributed by atoms with Gasteiger partial charge in [0.25, 0.3) is 0 Å². The van der Waals surface area contributed by atoms with Crippen LogP contribution in [0.15, 0.2) is 78.9 Å². The summed E-state index contributed by atoms with van der Waals surface area (Å²) >= 11 is 6.24. The molecule has 0 aliphatic rings. The molecular formula is C31H37ClN2O4. The van der Waals surface area contributed by atoms with Crippen molar-refractivity contribution in [3.8, 4) is 11.5 Å². The SMILES string of the molecule is COc1ccc(OCCCC(=O)N(Cc2cccc(Cl)c2)C(Cc2ccccc2)C(=O)NC(C)(C)C)cc1. The van der Waals surface area contributed by atoms with Gasteiger partial charge in [-0.3, -0.25) is 9.59 Å². The van der Waals surface area contributed by atoms with Crippen LogP contribution in [-0.2, 0) is 22.6 Å². The first-order valence-electron chi connectivity index (χ1n) is 12.8. The number of nitrogens with zero attached hydrogens (tertiary/aromatic N) is 1. The molecule has 1 unspecified atom stereocenters. The molecule has 0 fully saturated rings. The maximum atomic E-state index is 13.7. The zero-order valence-electron chi connectivity index (χ0n) is 22.6. The van der Waals surface area contributed by atoms with Gasteiger partial charge in [0, 0.05) is 29.9 Å². The average molecular weight is 537 g/mol. The van der Waals surface area contributed by atoms with Gasteiger partial charge in [-0.25, -0.2) is 0 Å². The van der Waals surface area contributed by atoms with Crippen molar-refractivity contribution in [2.75, 3.05) is 13.7 Å². The van der Waals surface area contributed by atoms with Gasteiger partial charge in [0.05, 0.1) is 13.7 Å². The molecule has 0 aromatic heterocycles. The molecule has 0 saturated carbocycles. The van der Waals surface area contributed by atoms with E-state index in [4.69, 9.17) is 21.1 Å². The lowest BCUT2D eigenvalue weighted by molar-refractivity contribution is -0.142. The van der Waals surface area contributed by atoms with Gasteiger partial charge in [-0.15, -0.1) is 0 Å². The van der Waals surface area contributed by atoms with Crippen molar-refractivity contribution in [1.82, 2.24) is 10.2 Å². The van der Waals surface area contributed by atoms with E-state index in [0.29, 0.717) is 30.2 Å². The second-order valence-corrected chi connectivity index (χ2v) is 10.7. The number of ether oxygens (including phenoxy) is 2. The van der Waals surface area contributed by atoms with E-state index >= 15 is 0 Å². The first kappa shape index (κ1) is 29.1. The first-order chi connectivity index (χ1) is 18.1. The molecule has 0 aliphatic carbocycles. The zero-order chi connectivity index (χ0) is 27.5. The molecule has 3 rings (SSSR count). The molecular weight excluding hydrogens is 500 g/mol. The van der Waals surface area contributed by atoms with Gasteiger partial charge in [-0.05, 0) is 74.7 Å². The summed E-state index contributed by atoms with van der Waals surface area (Å²) in [6, 6.07) is 23.8. The molecule has 0 bridgehead atoms. The van der Waals surface area contributed by atoms with Gasteiger partial charge >= 0.3 is 0 Å². The Balaban J connectivity index is 1.79. The van der Waals surface area contributed by atoms with Crippen LogP contribution in [0.25, 0.3) is 0 Å². The Labute approximate surface area is 230 Å². The standard InChI is InChI=1S/C31H37ClN2O4/c1-31(2,3)33-30(36)28(21-23-10-6-5-7-11-23)34(22-24-12-8-13-25(32)20-24)29(35)14-9-19-38-27-17-15-26(37-4)16-18-27/h5-8,10-13,15-18,20,28H,9,14,19,21-22H2,1-4H3,(H,33,36). The molecule has 0 saturated heterocycles. The molecule has 0 heterocycles. The second-order valence-electron chi connectivity index (χ2n) is 10.2. The molecule has 38 heavy (non-hydrogen) atoms. The van der Waals surface area contributed by atoms with Crippen molar-refractivity contribution in [2.45, 2.75) is 58.2 Å². The van der Waals surface area contributed by atoms with E-state index in [-0.39, 0.29) is 24.8 Å². The molecule has 6 nitrogen and oxygen atoms in total. The number of rotatable bonds is 12. The summed E-state index contributed by atoms with van der Waals surface area (Å²) in [5.41, 5.74) is 1.40. The Morgan fingerprint density at radius 3 is 2.21 bits per heavy atom. The lowest BCUT2D eigenvalue weighted by atomic mass is 10.00. The molecule has 1 N–H and O–H groups in total. The Morgan fingerprint density at radius 2 is 1.58 bits per heavy atom. The summed E-state index contributed by atoms with van der Waals surface area (Å²) < 4.78 is 11.0. The number of hydrogen-bond acceptors (Lipinski definition) is 4. The molecule has 202 valence electrons. The van der Waals surface area contributed by atoms with E-state index in [1.165, 1.54) is 0 Å². The highest BCUT2D eigenvalue weighted by Gasteiger charge is 2.32. The van der Waals surface area contributed by atoms with Crippen LogP contribution in [0.2, 0.25) is 5.02 Å². The van der Waals surface area contributed by atoms with Crippen molar-refractivity contribution in [3.05, 3.63) is 95.0 Å². The largest absolute Gasteiger partial charge is 0.497 e. The molecule has 0 spiro atoms. The first-order valence-corrected chi connectivity index (χ1v) is 13.2. The lowest BCUT2D eigenvalue weighted by Gasteiger charge is -2.34. The Kier molecular flexibility index (Phi) is 10.6. The number of carbonyl (C=O) groups is 2. The van der Waals surface area contributed by atoms with Crippen LogP contribution in [0.1, 0.15) is 44.7 Å². The van der Waals surface area contributed by atoms with Gasteiger partial charge in [0.2, 0.25) is 11.8 Å². The van der Waals surface area contributed by atoms with Crippen LogP contribution < -0.4 is 14.8 Å². The molecule has 0 aliphatic heterocycles. The summed E-state index contributed by atoms with van der Waals surface area (Å²) in [5, 5.41) is 3.66. The van der Waals surface area contributed by atoms with E-state index < -0.39 is 11.6 Å². The van der Waals surface area contributed by atoms with E-state index in [0.717, 1.165) is 16.9 Å². The predicted octanol–water partition coefficient (Wildman–Crippen LogP) is 6.06. The Morgan fingerprint density at radius 1 is 0.921 bits per heavy atom. The summed E-state index contributed by atoms with van der Waals surface area (Å²) in [7, 11) is 1.61. The number of benzene rings is 3. The van der Waals surface area contributed by atoms with E-state index in [1.807, 2.05) is 93.6 Å². The fourth-order valence-electron chi connectivity index (χ4n) is 4.07. The highest BCUT2D eigenvalue weighted by molar-refractivity contribution is 6.30. The van der Waals surface area contributed by atoms with Crippen LogP contribution in [0.5, 0.6) is 11.5 Å². The molecule has 1 atom stereocenters. The fourth-order valence-corrected chi connectivity index (χ4v) is 4.28. The summed E-state index contributed by atoms with van der Waals surface area (Å²) in [5.74, 6) is 1.15. The number of nitrogens with one attached hydrogen (secondary N) is 1. The maximum absolute atomic E-state index is 13.7. The van der Waals surface area contributed by atoms with E-state index in [1.54, 1.807) is 18.1 Å². The third kappa shape index (κ3) is 9.42. The third-order valence-corrected chi connectivity index (χ3v) is 6.11. The fraction of sp³-hybridized carbons (Fsp3) is 0.355. The van der Waals surface area contributed by atoms with Crippen molar-refractivity contribution in [1.29, 1.82) is 0 Å². The highest BCUT2D eigenvalue weighted by atomic mass is 35.5. The smallest absolute Gasteiger partial charge is 0.243 e. The monoisotopic (exact) mass is 536 g/mol. The van der Waals surface area contributed by atoms with Crippen molar-refractivity contribution < 1.29 is 19.1 Å². The van der Waals surface area contributed by atoms with Crippen LogP contribution in [0.3, 0.4) is 0 Å².